The van der Waals surface area contributed by atoms with Crippen molar-refractivity contribution < 1.29 is 0 Å². The summed E-state index contributed by atoms with van der Waals surface area (Å²) >= 11 is 3.60. The molecule has 0 aliphatic heterocycles. The maximum Gasteiger partial charge on any atom is 0.184 e. The molecular weight excluding hydrogens is 250 g/mol. The van der Waals surface area contributed by atoms with E-state index in [9.17, 15) is 0 Å². The third kappa shape index (κ3) is 3.26. The van der Waals surface area contributed by atoms with Crippen molar-refractivity contribution >= 4 is 44.1 Å². The van der Waals surface area contributed by atoms with E-state index in [2.05, 4.69) is 24.1 Å². The van der Waals surface area contributed by atoms with Gasteiger partial charge < -0.3 is 11.1 Å². The Morgan fingerprint density at radius 3 is 3.12 bits per heavy atom. The second-order valence-corrected chi connectivity index (χ2v) is 6.30. The smallest absolute Gasteiger partial charge is 0.184 e. The molecule has 0 spiro atoms. The van der Waals surface area contributed by atoms with Gasteiger partial charge in [0, 0.05) is 17.5 Å². The third-order valence-corrected chi connectivity index (χ3v) is 4.45. The van der Waals surface area contributed by atoms with Crippen LogP contribution in [-0.4, -0.2) is 22.5 Å². The molecule has 1 unspecified atom stereocenters. The summed E-state index contributed by atoms with van der Waals surface area (Å²) in [7, 11) is 0. The Morgan fingerprint density at radius 2 is 2.35 bits per heavy atom. The van der Waals surface area contributed by atoms with Gasteiger partial charge in [-0.1, -0.05) is 18.3 Å². The molecule has 1 aromatic heterocycles. The fraction of sp³-hybridized carbons (Fsp3) is 0.417. The van der Waals surface area contributed by atoms with E-state index >= 15 is 0 Å². The Labute approximate surface area is 110 Å². The molecule has 0 aliphatic carbocycles. The van der Waals surface area contributed by atoms with Crippen LogP contribution >= 0.6 is 23.1 Å². The number of nitrogens with zero attached hydrogens (tertiary/aromatic N) is 1. The summed E-state index contributed by atoms with van der Waals surface area (Å²) in [4.78, 5) is 4.54. The molecule has 0 aliphatic rings. The van der Waals surface area contributed by atoms with Crippen LogP contribution in [0.3, 0.4) is 0 Å². The van der Waals surface area contributed by atoms with Gasteiger partial charge >= 0.3 is 0 Å². The van der Waals surface area contributed by atoms with E-state index in [1.54, 1.807) is 11.3 Å². The Hall–Kier alpha value is -0.940. The van der Waals surface area contributed by atoms with E-state index in [0.29, 0.717) is 6.04 Å². The number of aromatic nitrogens is 1. The van der Waals surface area contributed by atoms with E-state index in [-0.39, 0.29) is 0 Å². The summed E-state index contributed by atoms with van der Waals surface area (Å²) in [6.07, 6.45) is 0. The molecule has 0 bridgehead atoms. The first-order valence-electron chi connectivity index (χ1n) is 5.69. The van der Waals surface area contributed by atoms with Crippen LogP contribution in [0.25, 0.3) is 10.2 Å². The fourth-order valence-electron chi connectivity index (χ4n) is 1.55. The topological polar surface area (TPSA) is 50.9 Å². The van der Waals surface area contributed by atoms with Gasteiger partial charge in [0.25, 0.3) is 0 Å². The number of nitrogens with two attached hydrogens (primary N) is 1. The molecule has 0 saturated heterocycles. The number of anilines is 2. The van der Waals surface area contributed by atoms with Crippen molar-refractivity contribution in [2.75, 3.05) is 22.6 Å². The minimum atomic E-state index is 0.442. The number of fused-ring (bicyclic) bond motifs is 1. The quantitative estimate of drug-likeness (QED) is 0.815. The summed E-state index contributed by atoms with van der Waals surface area (Å²) in [6.45, 7) is 4.36. The summed E-state index contributed by atoms with van der Waals surface area (Å²) in [6, 6.07) is 6.28. The molecule has 0 radical (unpaired) electrons. The van der Waals surface area contributed by atoms with Crippen molar-refractivity contribution in [2.24, 2.45) is 0 Å². The lowest BCUT2D eigenvalue weighted by Crippen LogP contribution is -2.17. The average molecular weight is 267 g/mol. The molecular formula is C12H17N3S2. The zero-order valence-electron chi connectivity index (χ0n) is 10.1. The van der Waals surface area contributed by atoms with E-state index in [1.165, 1.54) is 0 Å². The molecule has 2 aromatic rings. The van der Waals surface area contributed by atoms with Crippen LogP contribution in [0.2, 0.25) is 0 Å². The Balaban J connectivity index is 2.08. The number of nitrogens with one attached hydrogen (secondary N) is 1. The van der Waals surface area contributed by atoms with Crippen LogP contribution in [0.5, 0.6) is 0 Å². The van der Waals surface area contributed by atoms with Gasteiger partial charge in [-0.3, -0.25) is 0 Å². The molecule has 3 N–H and O–H groups in total. The first-order valence-corrected chi connectivity index (χ1v) is 7.66. The van der Waals surface area contributed by atoms with Crippen LogP contribution in [0.15, 0.2) is 18.2 Å². The van der Waals surface area contributed by atoms with Crippen molar-refractivity contribution in [3.05, 3.63) is 18.2 Å². The van der Waals surface area contributed by atoms with Crippen molar-refractivity contribution in [2.45, 2.75) is 19.9 Å². The largest absolute Gasteiger partial charge is 0.399 e. The van der Waals surface area contributed by atoms with Crippen LogP contribution in [-0.2, 0) is 0 Å². The van der Waals surface area contributed by atoms with E-state index in [1.807, 2.05) is 30.0 Å². The number of benzene rings is 1. The average Bonchev–Trinajstić information content (AvgIpc) is 2.67. The zero-order valence-corrected chi connectivity index (χ0v) is 11.7. The minimum Gasteiger partial charge on any atom is -0.399 e. The first kappa shape index (κ1) is 12.5. The standard InChI is InChI=1S/C12H17N3S2/c1-3-16-7-8(2)14-12-15-10-5-4-9(13)6-11(10)17-12/h4-6,8H,3,7,13H2,1-2H3,(H,14,15). The fourth-order valence-corrected chi connectivity index (χ4v) is 3.25. The van der Waals surface area contributed by atoms with Crippen LogP contribution < -0.4 is 11.1 Å². The highest BCUT2D eigenvalue weighted by atomic mass is 32.2. The summed E-state index contributed by atoms with van der Waals surface area (Å²) in [5.41, 5.74) is 7.56. The van der Waals surface area contributed by atoms with Crippen LogP contribution in [0.1, 0.15) is 13.8 Å². The summed E-state index contributed by atoms with van der Waals surface area (Å²) in [5.74, 6) is 2.26. The Morgan fingerprint density at radius 1 is 1.53 bits per heavy atom. The second kappa shape index (κ2) is 5.60. The van der Waals surface area contributed by atoms with E-state index in [4.69, 9.17) is 5.73 Å². The lowest BCUT2D eigenvalue weighted by atomic mass is 10.3. The number of hydrogen-bond acceptors (Lipinski definition) is 5. The van der Waals surface area contributed by atoms with Gasteiger partial charge in [-0.05, 0) is 30.9 Å². The molecule has 0 amide bonds. The minimum absolute atomic E-state index is 0.442. The molecule has 0 saturated carbocycles. The molecule has 92 valence electrons. The maximum absolute atomic E-state index is 5.76. The van der Waals surface area contributed by atoms with Gasteiger partial charge in [0.1, 0.15) is 0 Å². The molecule has 3 nitrogen and oxygen atoms in total. The van der Waals surface area contributed by atoms with Crippen LogP contribution in [0, 0.1) is 0 Å². The van der Waals surface area contributed by atoms with Gasteiger partial charge in [-0.15, -0.1) is 0 Å². The second-order valence-electron chi connectivity index (χ2n) is 3.95. The van der Waals surface area contributed by atoms with Gasteiger partial charge in [0.05, 0.1) is 10.2 Å². The normalized spacial score (nSPS) is 12.8. The van der Waals surface area contributed by atoms with Crippen molar-refractivity contribution in [1.29, 1.82) is 0 Å². The number of hydrogen-bond donors (Lipinski definition) is 2. The van der Waals surface area contributed by atoms with E-state index < -0.39 is 0 Å². The van der Waals surface area contributed by atoms with Crippen LogP contribution in [0.4, 0.5) is 10.8 Å². The molecule has 5 heteroatoms. The van der Waals surface area contributed by atoms with Crippen molar-refractivity contribution in [3.63, 3.8) is 0 Å². The predicted octanol–water partition coefficient (Wildman–Crippen LogP) is 3.43. The SMILES string of the molecule is CCSCC(C)Nc1nc2ccc(N)cc2s1. The highest BCUT2D eigenvalue weighted by Crippen LogP contribution is 2.28. The van der Waals surface area contributed by atoms with E-state index in [0.717, 1.165) is 32.5 Å². The molecule has 1 heterocycles. The van der Waals surface area contributed by atoms with Gasteiger partial charge in [-0.25, -0.2) is 4.98 Å². The molecule has 2 rings (SSSR count). The third-order valence-electron chi connectivity index (χ3n) is 2.35. The number of thioether (sulfide) groups is 1. The van der Waals surface area contributed by atoms with Gasteiger partial charge in [0.2, 0.25) is 0 Å². The monoisotopic (exact) mass is 267 g/mol. The summed E-state index contributed by atoms with van der Waals surface area (Å²) < 4.78 is 1.14. The lowest BCUT2D eigenvalue weighted by Gasteiger charge is -2.11. The first-order chi connectivity index (χ1) is 8.19. The van der Waals surface area contributed by atoms with Crippen molar-refractivity contribution in [1.82, 2.24) is 4.98 Å². The number of thiazole rings is 1. The zero-order chi connectivity index (χ0) is 12.3. The molecule has 0 fully saturated rings. The lowest BCUT2D eigenvalue weighted by molar-refractivity contribution is 0.911. The highest BCUT2D eigenvalue weighted by molar-refractivity contribution is 7.99. The van der Waals surface area contributed by atoms with Gasteiger partial charge in [-0.2, -0.15) is 11.8 Å². The maximum atomic E-state index is 5.76. The Bertz CT molecular complexity index is 495. The van der Waals surface area contributed by atoms with Gasteiger partial charge in [0.15, 0.2) is 5.13 Å². The number of nitrogen functional groups attached to an aromatic ring is 1. The number of rotatable bonds is 5. The van der Waals surface area contributed by atoms with Crippen molar-refractivity contribution in [3.8, 4) is 0 Å². The molecule has 1 aromatic carbocycles. The Kier molecular flexibility index (Phi) is 4.12. The highest BCUT2D eigenvalue weighted by Gasteiger charge is 2.07. The predicted molar refractivity (Wildman–Crippen MR) is 80.1 cm³/mol. The summed E-state index contributed by atoms with van der Waals surface area (Å²) in [5, 5.41) is 4.41. The molecule has 17 heavy (non-hydrogen) atoms. The molecule has 1 atom stereocenters.